The monoisotopic (exact) mass is 308 g/mol. The van der Waals surface area contributed by atoms with Gasteiger partial charge >= 0.3 is 0 Å². The van der Waals surface area contributed by atoms with E-state index in [0.717, 1.165) is 18.9 Å². The maximum atomic E-state index is 4.78. The van der Waals surface area contributed by atoms with Crippen LogP contribution in [-0.4, -0.2) is 17.6 Å². The normalized spacial score (nSPS) is 23.2. The molecule has 0 saturated heterocycles. The summed E-state index contributed by atoms with van der Waals surface area (Å²) in [6.45, 7) is 12.6. The molecule has 2 rings (SSSR count). The van der Waals surface area contributed by atoms with Crippen molar-refractivity contribution in [3.63, 3.8) is 0 Å². The highest BCUT2D eigenvalue weighted by atomic mass is 32.1. The lowest BCUT2D eigenvalue weighted by Crippen LogP contribution is -2.46. The van der Waals surface area contributed by atoms with Crippen molar-refractivity contribution in [2.75, 3.05) is 6.54 Å². The molecule has 120 valence electrons. The molecule has 0 aliphatic heterocycles. The molecule has 1 aliphatic carbocycles. The molecule has 1 heterocycles. The fraction of sp³-hybridized carbons (Fsp3) is 0.833. The number of aromatic nitrogens is 1. The van der Waals surface area contributed by atoms with Crippen LogP contribution >= 0.6 is 11.3 Å². The zero-order valence-corrected chi connectivity index (χ0v) is 15.3. The Morgan fingerprint density at radius 1 is 1.33 bits per heavy atom. The zero-order valence-electron chi connectivity index (χ0n) is 14.5. The molecule has 1 fully saturated rings. The van der Waals surface area contributed by atoms with E-state index in [9.17, 15) is 0 Å². The first-order valence-corrected chi connectivity index (χ1v) is 9.42. The summed E-state index contributed by atoms with van der Waals surface area (Å²) in [4.78, 5) is 6.16. The van der Waals surface area contributed by atoms with Gasteiger partial charge in [-0.1, -0.05) is 33.6 Å². The minimum absolute atomic E-state index is 0.463. The molecule has 0 aromatic carbocycles. The van der Waals surface area contributed by atoms with Crippen LogP contribution in [0.2, 0.25) is 0 Å². The maximum Gasteiger partial charge on any atom is 0.0946 e. The van der Waals surface area contributed by atoms with E-state index in [-0.39, 0.29) is 0 Å². The van der Waals surface area contributed by atoms with E-state index in [1.165, 1.54) is 47.7 Å². The second-order valence-corrected chi connectivity index (χ2v) is 8.64. The number of hydrogen-bond acceptors (Lipinski definition) is 3. The van der Waals surface area contributed by atoms with Crippen molar-refractivity contribution in [3.8, 4) is 0 Å². The highest BCUT2D eigenvalue weighted by molar-refractivity contribution is 7.11. The van der Waals surface area contributed by atoms with E-state index in [0.29, 0.717) is 11.5 Å². The molecule has 1 aliphatic rings. The summed E-state index contributed by atoms with van der Waals surface area (Å²) >= 11 is 1.89. The van der Waals surface area contributed by atoms with Gasteiger partial charge in [0.05, 0.1) is 10.7 Å². The van der Waals surface area contributed by atoms with Crippen LogP contribution in [0.4, 0.5) is 0 Å². The molecule has 2 nitrogen and oxygen atoms in total. The standard InChI is InChI=1S/C18H32N2S/c1-6-11-19-16(12-17-20-13(2)14(3)21-17)15-9-7-8-10-18(15,4)5/h15-16,19H,6-12H2,1-5H3. The number of aryl methyl sites for hydroxylation is 2. The van der Waals surface area contributed by atoms with Crippen LogP contribution in [-0.2, 0) is 6.42 Å². The Balaban J connectivity index is 2.13. The maximum absolute atomic E-state index is 4.78. The van der Waals surface area contributed by atoms with Gasteiger partial charge in [0.25, 0.3) is 0 Å². The quantitative estimate of drug-likeness (QED) is 0.809. The van der Waals surface area contributed by atoms with Crippen molar-refractivity contribution >= 4 is 11.3 Å². The summed E-state index contributed by atoms with van der Waals surface area (Å²) in [6.07, 6.45) is 7.86. The molecule has 0 bridgehead atoms. The zero-order chi connectivity index (χ0) is 15.5. The molecule has 3 heteroatoms. The van der Waals surface area contributed by atoms with E-state index in [1.807, 2.05) is 11.3 Å². The van der Waals surface area contributed by atoms with E-state index in [4.69, 9.17) is 4.98 Å². The molecular formula is C18H32N2S. The van der Waals surface area contributed by atoms with E-state index >= 15 is 0 Å². The van der Waals surface area contributed by atoms with Crippen LogP contribution in [0.25, 0.3) is 0 Å². The second kappa shape index (κ2) is 7.23. The van der Waals surface area contributed by atoms with Crippen molar-refractivity contribution in [1.29, 1.82) is 0 Å². The minimum Gasteiger partial charge on any atom is -0.313 e. The molecular weight excluding hydrogens is 276 g/mol. The van der Waals surface area contributed by atoms with Gasteiger partial charge in [-0.25, -0.2) is 4.98 Å². The minimum atomic E-state index is 0.463. The SMILES string of the molecule is CCCNC(Cc1nc(C)c(C)s1)C1CCCCC1(C)C. The molecule has 21 heavy (non-hydrogen) atoms. The van der Waals surface area contributed by atoms with Gasteiger partial charge in [0.2, 0.25) is 0 Å². The number of rotatable bonds is 6. The van der Waals surface area contributed by atoms with E-state index in [1.54, 1.807) is 0 Å². The van der Waals surface area contributed by atoms with Gasteiger partial charge in [-0.2, -0.15) is 0 Å². The molecule has 1 aromatic heterocycles. The third kappa shape index (κ3) is 4.29. The Morgan fingerprint density at radius 3 is 2.67 bits per heavy atom. The first-order valence-electron chi connectivity index (χ1n) is 8.60. The van der Waals surface area contributed by atoms with Crippen LogP contribution in [0.15, 0.2) is 0 Å². The topological polar surface area (TPSA) is 24.9 Å². The van der Waals surface area contributed by atoms with Gasteiger partial charge in [0.15, 0.2) is 0 Å². The predicted molar refractivity (Wildman–Crippen MR) is 93.1 cm³/mol. The third-order valence-corrected chi connectivity index (χ3v) is 6.29. The number of thiazole rings is 1. The molecule has 0 spiro atoms. The molecule has 1 aromatic rings. The van der Waals surface area contributed by atoms with E-state index < -0.39 is 0 Å². The summed E-state index contributed by atoms with van der Waals surface area (Å²) in [6, 6.07) is 0.588. The van der Waals surface area contributed by atoms with Gasteiger partial charge in [0.1, 0.15) is 0 Å². The third-order valence-electron chi connectivity index (χ3n) is 5.20. The summed E-state index contributed by atoms with van der Waals surface area (Å²) in [5.41, 5.74) is 1.68. The summed E-state index contributed by atoms with van der Waals surface area (Å²) in [7, 11) is 0. The largest absolute Gasteiger partial charge is 0.313 e. The summed E-state index contributed by atoms with van der Waals surface area (Å²) < 4.78 is 0. The number of hydrogen-bond donors (Lipinski definition) is 1. The lowest BCUT2D eigenvalue weighted by atomic mass is 9.65. The van der Waals surface area contributed by atoms with Crippen molar-refractivity contribution in [2.45, 2.75) is 79.2 Å². The van der Waals surface area contributed by atoms with Gasteiger partial charge in [-0.3, -0.25) is 0 Å². The van der Waals surface area contributed by atoms with Gasteiger partial charge in [0, 0.05) is 17.3 Å². The average molecular weight is 309 g/mol. The predicted octanol–water partition coefficient (Wildman–Crippen LogP) is 4.89. The Labute approximate surface area is 134 Å². The van der Waals surface area contributed by atoms with Gasteiger partial charge < -0.3 is 5.32 Å². The average Bonchev–Trinajstić information content (AvgIpc) is 2.73. The van der Waals surface area contributed by atoms with Crippen molar-refractivity contribution < 1.29 is 0 Å². The van der Waals surface area contributed by atoms with Crippen molar-refractivity contribution in [2.24, 2.45) is 11.3 Å². The lowest BCUT2D eigenvalue weighted by Gasteiger charge is -2.43. The number of nitrogens with one attached hydrogen (secondary N) is 1. The lowest BCUT2D eigenvalue weighted by molar-refractivity contribution is 0.0981. The number of nitrogens with zero attached hydrogens (tertiary/aromatic N) is 1. The Bertz CT molecular complexity index is 431. The molecule has 1 N–H and O–H groups in total. The summed E-state index contributed by atoms with van der Waals surface area (Å²) in [5.74, 6) is 0.780. The van der Waals surface area contributed by atoms with Crippen LogP contribution in [0.5, 0.6) is 0 Å². The van der Waals surface area contributed by atoms with Gasteiger partial charge in [-0.05, 0) is 51.0 Å². The smallest absolute Gasteiger partial charge is 0.0946 e. The molecule has 0 radical (unpaired) electrons. The summed E-state index contributed by atoms with van der Waals surface area (Å²) in [5, 5.41) is 5.16. The van der Waals surface area contributed by atoms with Crippen LogP contribution < -0.4 is 5.32 Å². The Hall–Kier alpha value is -0.410. The first kappa shape index (κ1) is 17.0. The molecule has 2 unspecified atom stereocenters. The fourth-order valence-electron chi connectivity index (χ4n) is 3.77. The molecule has 2 atom stereocenters. The first-order chi connectivity index (χ1) is 9.94. The highest BCUT2D eigenvalue weighted by Gasteiger charge is 2.37. The van der Waals surface area contributed by atoms with Crippen LogP contribution in [0.3, 0.4) is 0 Å². The van der Waals surface area contributed by atoms with Crippen LogP contribution in [0.1, 0.15) is 68.5 Å². The molecule has 0 amide bonds. The fourth-order valence-corrected chi connectivity index (χ4v) is 4.76. The van der Waals surface area contributed by atoms with Crippen molar-refractivity contribution in [3.05, 3.63) is 15.6 Å². The van der Waals surface area contributed by atoms with Crippen LogP contribution in [0, 0.1) is 25.2 Å². The van der Waals surface area contributed by atoms with E-state index in [2.05, 4.69) is 39.9 Å². The van der Waals surface area contributed by atoms with Crippen molar-refractivity contribution in [1.82, 2.24) is 10.3 Å². The van der Waals surface area contributed by atoms with Gasteiger partial charge in [-0.15, -0.1) is 11.3 Å². The Morgan fingerprint density at radius 2 is 2.10 bits per heavy atom. The molecule has 1 saturated carbocycles. The Kier molecular flexibility index (Phi) is 5.84. The second-order valence-electron chi connectivity index (χ2n) is 7.35. The highest BCUT2D eigenvalue weighted by Crippen LogP contribution is 2.43.